The Morgan fingerprint density at radius 1 is 1.22 bits per heavy atom. The number of halogens is 2. The summed E-state index contributed by atoms with van der Waals surface area (Å²) in [5.41, 5.74) is 3.03. The van der Waals surface area contributed by atoms with Gasteiger partial charge in [0.2, 0.25) is 0 Å². The summed E-state index contributed by atoms with van der Waals surface area (Å²) in [6, 6.07) is 4.95. The maximum atomic E-state index is 13.5. The lowest BCUT2D eigenvalue weighted by atomic mass is 10.1. The molecule has 0 saturated carbocycles. The van der Waals surface area contributed by atoms with E-state index in [1.807, 2.05) is 13.8 Å². The zero-order valence-electron chi connectivity index (χ0n) is 10.6. The first-order valence-corrected chi connectivity index (χ1v) is 6.20. The van der Waals surface area contributed by atoms with E-state index in [4.69, 9.17) is 11.6 Å². The molecule has 2 nitrogen and oxygen atoms in total. The van der Waals surface area contributed by atoms with Crippen LogP contribution in [0, 0.1) is 19.7 Å². The van der Waals surface area contributed by atoms with Crippen molar-refractivity contribution in [2.75, 3.05) is 0 Å². The molecule has 18 heavy (non-hydrogen) atoms. The number of nitrogens with zero attached hydrogens (tertiary/aromatic N) is 2. The predicted octanol–water partition coefficient (Wildman–Crippen LogP) is 4.12. The van der Waals surface area contributed by atoms with Gasteiger partial charge >= 0.3 is 0 Å². The van der Waals surface area contributed by atoms with Gasteiger partial charge in [-0.3, -0.25) is 0 Å². The first-order chi connectivity index (χ1) is 8.52. The van der Waals surface area contributed by atoms with Gasteiger partial charge in [-0.25, -0.2) is 14.4 Å². The van der Waals surface area contributed by atoms with Crippen LogP contribution in [0.1, 0.15) is 23.7 Å². The lowest BCUT2D eigenvalue weighted by Crippen LogP contribution is -1.99. The molecule has 0 unspecified atom stereocenters. The molecule has 1 aromatic heterocycles. The standard InChI is InChI=1S/C14H14ClFN2/c1-4-11-9(3)17-14(18-13(11)15)10-6-5-8(2)12(16)7-10/h5-7H,4H2,1-3H3. The van der Waals surface area contributed by atoms with Crippen LogP contribution in [-0.4, -0.2) is 9.97 Å². The van der Waals surface area contributed by atoms with Crippen LogP contribution in [0.3, 0.4) is 0 Å². The number of aromatic nitrogens is 2. The van der Waals surface area contributed by atoms with Crippen molar-refractivity contribution in [2.24, 2.45) is 0 Å². The summed E-state index contributed by atoms with van der Waals surface area (Å²) in [7, 11) is 0. The third-order valence-electron chi connectivity index (χ3n) is 2.95. The van der Waals surface area contributed by atoms with Gasteiger partial charge in [0.25, 0.3) is 0 Å². The average Bonchev–Trinajstić information content (AvgIpc) is 2.32. The Labute approximate surface area is 111 Å². The molecule has 0 radical (unpaired) electrons. The Morgan fingerprint density at radius 3 is 2.50 bits per heavy atom. The maximum Gasteiger partial charge on any atom is 0.161 e. The van der Waals surface area contributed by atoms with E-state index in [1.54, 1.807) is 19.1 Å². The van der Waals surface area contributed by atoms with Gasteiger partial charge in [-0.2, -0.15) is 0 Å². The maximum absolute atomic E-state index is 13.5. The summed E-state index contributed by atoms with van der Waals surface area (Å²) in [5.74, 6) is 0.207. The zero-order valence-corrected chi connectivity index (χ0v) is 11.3. The molecular weight excluding hydrogens is 251 g/mol. The molecule has 4 heteroatoms. The van der Waals surface area contributed by atoms with E-state index in [9.17, 15) is 4.39 Å². The Bertz CT molecular complexity index is 573. The summed E-state index contributed by atoms with van der Waals surface area (Å²) in [4.78, 5) is 8.62. The quantitative estimate of drug-likeness (QED) is 0.763. The van der Waals surface area contributed by atoms with E-state index in [0.29, 0.717) is 22.1 Å². The zero-order chi connectivity index (χ0) is 13.3. The van der Waals surface area contributed by atoms with Crippen LogP contribution in [0.25, 0.3) is 11.4 Å². The third kappa shape index (κ3) is 2.36. The van der Waals surface area contributed by atoms with Gasteiger partial charge in [-0.1, -0.05) is 30.7 Å². The first-order valence-electron chi connectivity index (χ1n) is 5.82. The second-order valence-electron chi connectivity index (χ2n) is 4.22. The molecule has 2 aromatic rings. The fourth-order valence-electron chi connectivity index (χ4n) is 1.82. The molecule has 0 N–H and O–H groups in total. The minimum Gasteiger partial charge on any atom is -0.233 e. The van der Waals surface area contributed by atoms with Gasteiger partial charge in [0, 0.05) is 16.8 Å². The first kappa shape index (κ1) is 13.0. The number of hydrogen-bond acceptors (Lipinski definition) is 2. The molecule has 0 atom stereocenters. The highest BCUT2D eigenvalue weighted by atomic mass is 35.5. The molecule has 0 aliphatic rings. The van der Waals surface area contributed by atoms with Gasteiger partial charge in [0.1, 0.15) is 11.0 Å². The summed E-state index contributed by atoms with van der Waals surface area (Å²) < 4.78 is 13.5. The van der Waals surface area contributed by atoms with Gasteiger partial charge in [0.15, 0.2) is 5.82 Å². The Hall–Kier alpha value is -1.48. The highest BCUT2D eigenvalue weighted by molar-refractivity contribution is 6.30. The van der Waals surface area contributed by atoms with E-state index < -0.39 is 0 Å². The summed E-state index contributed by atoms with van der Waals surface area (Å²) >= 11 is 6.11. The molecular formula is C14H14ClFN2. The highest BCUT2D eigenvalue weighted by Crippen LogP contribution is 2.23. The van der Waals surface area contributed by atoms with Gasteiger partial charge < -0.3 is 0 Å². The van der Waals surface area contributed by atoms with Crippen LogP contribution >= 0.6 is 11.6 Å². The largest absolute Gasteiger partial charge is 0.233 e. The van der Waals surface area contributed by atoms with Crippen molar-refractivity contribution in [1.29, 1.82) is 0 Å². The van der Waals surface area contributed by atoms with Crippen molar-refractivity contribution < 1.29 is 4.39 Å². The molecule has 1 heterocycles. The summed E-state index contributed by atoms with van der Waals surface area (Å²) in [6.07, 6.45) is 0.785. The van der Waals surface area contributed by atoms with E-state index in [-0.39, 0.29) is 5.82 Å². The average molecular weight is 265 g/mol. The van der Waals surface area contributed by atoms with Crippen LogP contribution in [0.15, 0.2) is 18.2 Å². The van der Waals surface area contributed by atoms with E-state index in [2.05, 4.69) is 9.97 Å². The molecule has 0 spiro atoms. The number of aryl methyl sites for hydroxylation is 2. The number of benzene rings is 1. The topological polar surface area (TPSA) is 25.8 Å². The smallest absolute Gasteiger partial charge is 0.161 e. The fourth-order valence-corrected chi connectivity index (χ4v) is 2.17. The van der Waals surface area contributed by atoms with Crippen LogP contribution in [0.4, 0.5) is 4.39 Å². The molecule has 2 rings (SSSR count). The third-order valence-corrected chi connectivity index (χ3v) is 3.26. The van der Waals surface area contributed by atoms with Crippen LogP contribution in [0.2, 0.25) is 5.15 Å². The van der Waals surface area contributed by atoms with Crippen molar-refractivity contribution >= 4 is 11.6 Å². The lowest BCUT2D eigenvalue weighted by Gasteiger charge is -2.08. The van der Waals surface area contributed by atoms with Crippen molar-refractivity contribution in [3.8, 4) is 11.4 Å². The molecule has 0 saturated heterocycles. The number of hydrogen-bond donors (Lipinski definition) is 0. The second-order valence-corrected chi connectivity index (χ2v) is 4.58. The Balaban J connectivity index is 2.54. The molecule has 0 amide bonds. The molecule has 0 bridgehead atoms. The van der Waals surface area contributed by atoms with Crippen molar-refractivity contribution in [1.82, 2.24) is 9.97 Å². The fraction of sp³-hybridized carbons (Fsp3) is 0.286. The van der Waals surface area contributed by atoms with E-state index in [1.165, 1.54) is 6.07 Å². The van der Waals surface area contributed by atoms with Gasteiger partial charge in [-0.05, 0) is 31.9 Å². The van der Waals surface area contributed by atoms with Crippen molar-refractivity contribution in [2.45, 2.75) is 27.2 Å². The Kier molecular flexibility index (Phi) is 3.62. The van der Waals surface area contributed by atoms with Gasteiger partial charge in [-0.15, -0.1) is 0 Å². The SMILES string of the molecule is CCc1c(C)nc(-c2ccc(C)c(F)c2)nc1Cl. The van der Waals surface area contributed by atoms with Crippen LogP contribution in [0.5, 0.6) is 0 Å². The predicted molar refractivity (Wildman–Crippen MR) is 71.3 cm³/mol. The highest BCUT2D eigenvalue weighted by Gasteiger charge is 2.11. The van der Waals surface area contributed by atoms with Gasteiger partial charge in [0.05, 0.1) is 0 Å². The monoisotopic (exact) mass is 264 g/mol. The van der Waals surface area contributed by atoms with E-state index in [0.717, 1.165) is 17.7 Å². The summed E-state index contributed by atoms with van der Waals surface area (Å²) in [5, 5.41) is 0.445. The van der Waals surface area contributed by atoms with Crippen molar-refractivity contribution in [3.05, 3.63) is 46.0 Å². The minimum absolute atomic E-state index is 0.260. The van der Waals surface area contributed by atoms with Crippen LogP contribution < -0.4 is 0 Å². The number of rotatable bonds is 2. The van der Waals surface area contributed by atoms with Crippen molar-refractivity contribution in [3.63, 3.8) is 0 Å². The lowest BCUT2D eigenvalue weighted by molar-refractivity contribution is 0.619. The molecule has 94 valence electrons. The molecule has 0 aliphatic heterocycles. The molecule has 1 aromatic carbocycles. The second kappa shape index (κ2) is 5.02. The van der Waals surface area contributed by atoms with Crippen LogP contribution in [-0.2, 0) is 6.42 Å². The summed E-state index contributed by atoms with van der Waals surface area (Å²) in [6.45, 7) is 5.61. The Morgan fingerprint density at radius 2 is 1.94 bits per heavy atom. The van der Waals surface area contributed by atoms with E-state index >= 15 is 0 Å². The molecule has 0 aliphatic carbocycles. The molecule has 0 fully saturated rings. The minimum atomic E-state index is -0.260. The normalized spacial score (nSPS) is 10.7.